The Balaban J connectivity index is 0.000000233. The average Bonchev–Trinajstić information content (AvgIpc) is 3.62. The Morgan fingerprint density at radius 3 is 2.15 bits per heavy atom. The van der Waals surface area contributed by atoms with Crippen LogP contribution in [0.1, 0.15) is 64.5 Å². The second kappa shape index (κ2) is 14.1. The SMILES string of the molecule is CCC(CC)C(=O)/C=C(\O)C(CC)CC.Cc1[c-]c(-c2nccc3c2sc2c3ccc3c(C)csc32)sc1.[Ir]. The number of nitrogens with zero attached hydrogens (tertiary/aromatic N) is 1. The summed E-state index contributed by atoms with van der Waals surface area (Å²) in [6, 6.07) is 10.1. The third-order valence-electron chi connectivity index (χ3n) is 7.25. The summed E-state index contributed by atoms with van der Waals surface area (Å²) >= 11 is 5.45. The number of hydrogen-bond donors (Lipinski definition) is 1. The summed E-state index contributed by atoms with van der Waals surface area (Å²) in [5.74, 6) is 0.547. The molecule has 39 heavy (non-hydrogen) atoms. The number of hydrogen-bond acceptors (Lipinski definition) is 6. The number of benzene rings is 1. The monoisotopic (exact) mass is 755 g/mol. The van der Waals surface area contributed by atoms with Crippen molar-refractivity contribution in [3.63, 3.8) is 0 Å². The van der Waals surface area contributed by atoms with Gasteiger partial charge in [-0.3, -0.25) is 4.79 Å². The van der Waals surface area contributed by atoms with Gasteiger partial charge in [0, 0.05) is 54.3 Å². The van der Waals surface area contributed by atoms with Crippen LogP contribution in [-0.4, -0.2) is 15.9 Å². The van der Waals surface area contributed by atoms with Crippen LogP contribution in [0.15, 0.2) is 47.0 Å². The van der Waals surface area contributed by atoms with Crippen LogP contribution in [0.3, 0.4) is 0 Å². The Morgan fingerprint density at radius 2 is 1.54 bits per heavy atom. The van der Waals surface area contributed by atoms with Crippen LogP contribution in [0.2, 0.25) is 0 Å². The number of carbonyl (C=O) groups is 1. The smallest absolute Gasteiger partial charge is 0.162 e. The van der Waals surface area contributed by atoms with Crippen molar-refractivity contribution in [2.75, 3.05) is 0 Å². The molecule has 209 valence electrons. The molecule has 0 aliphatic rings. The largest absolute Gasteiger partial charge is 0.512 e. The molecule has 0 atom stereocenters. The standard InChI is InChI=1S/C19H12NS3.C13H24O2.Ir/c1-10-7-15(21-8-10)16-17-14(5-6-20-16)13-4-3-12-11(2)9-22-18(12)19(13)23-17;1-5-10(6-2)12(14)9-13(15)11(7-3)8-4;/h3-6,8-9H,1-2H3;9-11,14H,5-8H2,1-4H3;/q-1;;/b;12-9-;. The van der Waals surface area contributed by atoms with E-state index in [1.165, 1.54) is 47.5 Å². The number of rotatable bonds is 8. The number of aliphatic hydroxyl groups excluding tert-OH is 1. The molecule has 0 saturated heterocycles. The number of thiophene rings is 3. The van der Waals surface area contributed by atoms with E-state index < -0.39 is 0 Å². The van der Waals surface area contributed by atoms with Crippen LogP contribution < -0.4 is 0 Å². The Bertz CT molecular complexity index is 1590. The molecule has 0 aliphatic carbocycles. The molecule has 0 fully saturated rings. The molecular weight excluding hydrogens is 719 g/mol. The van der Waals surface area contributed by atoms with E-state index in [1.54, 1.807) is 11.3 Å². The zero-order chi connectivity index (χ0) is 27.4. The minimum atomic E-state index is 0. The first-order valence-electron chi connectivity index (χ1n) is 13.4. The Labute approximate surface area is 257 Å². The van der Waals surface area contributed by atoms with Gasteiger partial charge >= 0.3 is 0 Å². The van der Waals surface area contributed by atoms with Crippen molar-refractivity contribution in [3.8, 4) is 10.6 Å². The van der Waals surface area contributed by atoms with E-state index in [4.69, 9.17) is 0 Å². The predicted molar refractivity (Wildman–Crippen MR) is 168 cm³/mol. The number of allylic oxidation sites excluding steroid dienone is 2. The first-order chi connectivity index (χ1) is 18.3. The number of aryl methyl sites for hydroxylation is 2. The van der Waals surface area contributed by atoms with Gasteiger partial charge in [0.15, 0.2) is 5.78 Å². The van der Waals surface area contributed by atoms with Gasteiger partial charge < -0.3 is 10.1 Å². The summed E-state index contributed by atoms with van der Waals surface area (Å²) in [5.41, 5.74) is 3.62. The topological polar surface area (TPSA) is 50.2 Å². The zero-order valence-corrected chi connectivity index (χ0v) is 28.2. The molecule has 0 aliphatic heterocycles. The van der Waals surface area contributed by atoms with Gasteiger partial charge in [-0.2, -0.15) is 11.6 Å². The first-order valence-corrected chi connectivity index (χ1v) is 16.0. The van der Waals surface area contributed by atoms with Crippen molar-refractivity contribution < 1.29 is 30.0 Å². The van der Waals surface area contributed by atoms with E-state index in [0.717, 1.165) is 36.3 Å². The number of ketones is 1. The van der Waals surface area contributed by atoms with Gasteiger partial charge in [-0.25, -0.2) is 11.3 Å². The van der Waals surface area contributed by atoms with Gasteiger partial charge in [0.25, 0.3) is 0 Å². The van der Waals surface area contributed by atoms with E-state index in [2.05, 4.69) is 53.9 Å². The Morgan fingerprint density at radius 1 is 0.897 bits per heavy atom. The van der Waals surface area contributed by atoms with Gasteiger partial charge in [-0.05, 0) is 66.1 Å². The Kier molecular flexibility index (Phi) is 11.5. The van der Waals surface area contributed by atoms with Crippen molar-refractivity contribution >= 4 is 70.1 Å². The fraction of sp³-hybridized carbons (Fsp3) is 0.375. The maximum absolute atomic E-state index is 11.7. The molecule has 5 aromatic rings. The molecule has 7 heteroatoms. The van der Waals surface area contributed by atoms with Crippen LogP contribution in [0, 0.1) is 31.7 Å². The van der Waals surface area contributed by atoms with Crippen molar-refractivity contribution in [1.82, 2.24) is 4.98 Å². The van der Waals surface area contributed by atoms with E-state index in [1.807, 2.05) is 56.6 Å². The van der Waals surface area contributed by atoms with E-state index in [-0.39, 0.29) is 43.5 Å². The summed E-state index contributed by atoms with van der Waals surface area (Å²) in [5, 5.41) is 18.2. The minimum Gasteiger partial charge on any atom is -0.512 e. The molecule has 3 nitrogen and oxygen atoms in total. The summed E-state index contributed by atoms with van der Waals surface area (Å²) < 4.78 is 4.07. The minimum absolute atomic E-state index is 0. The molecule has 0 bridgehead atoms. The van der Waals surface area contributed by atoms with E-state index in [9.17, 15) is 9.90 Å². The van der Waals surface area contributed by atoms with Crippen LogP contribution in [0.5, 0.6) is 0 Å². The number of fused-ring (bicyclic) bond motifs is 5. The first kappa shape index (κ1) is 31.6. The molecule has 0 unspecified atom stereocenters. The van der Waals surface area contributed by atoms with E-state index >= 15 is 0 Å². The summed E-state index contributed by atoms with van der Waals surface area (Å²) in [6.45, 7) is 12.3. The van der Waals surface area contributed by atoms with Gasteiger partial charge in [0.1, 0.15) is 0 Å². The molecule has 4 heterocycles. The Hall–Kier alpha value is -1.89. The number of carbonyl (C=O) groups excluding carboxylic acids is 1. The fourth-order valence-electron chi connectivity index (χ4n) is 4.82. The summed E-state index contributed by atoms with van der Waals surface area (Å²) in [7, 11) is 0. The fourth-order valence-corrected chi connectivity index (χ4v) is 8.22. The van der Waals surface area contributed by atoms with Crippen molar-refractivity contribution in [2.45, 2.75) is 67.2 Å². The molecule has 0 saturated carbocycles. The van der Waals surface area contributed by atoms with Crippen LogP contribution in [0.4, 0.5) is 0 Å². The van der Waals surface area contributed by atoms with Crippen LogP contribution in [-0.2, 0) is 24.9 Å². The van der Waals surface area contributed by atoms with Crippen molar-refractivity contribution in [1.29, 1.82) is 0 Å². The van der Waals surface area contributed by atoms with Gasteiger partial charge in [0.05, 0.1) is 15.2 Å². The molecule has 1 aromatic carbocycles. The average molecular weight is 755 g/mol. The summed E-state index contributed by atoms with van der Waals surface area (Å²) in [4.78, 5) is 17.5. The van der Waals surface area contributed by atoms with Crippen LogP contribution in [0.25, 0.3) is 40.8 Å². The van der Waals surface area contributed by atoms with Gasteiger partial charge in [-0.1, -0.05) is 51.6 Å². The predicted octanol–water partition coefficient (Wildman–Crippen LogP) is 10.7. The second-order valence-electron chi connectivity index (χ2n) is 9.75. The van der Waals surface area contributed by atoms with Gasteiger partial charge in [0.2, 0.25) is 0 Å². The second-order valence-corrected chi connectivity index (χ2v) is 12.5. The van der Waals surface area contributed by atoms with Crippen molar-refractivity contribution in [3.05, 3.63) is 64.2 Å². The van der Waals surface area contributed by atoms with E-state index in [0.29, 0.717) is 0 Å². The number of pyridine rings is 1. The molecule has 5 rings (SSSR count). The third-order valence-corrected chi connectivity index (χ3v) is 10.8. The summed E-state index contributed by atoms with van der Waals surface area (Å²) in [6.07, 6.45) is 6.83. The number of aromatic nitrogens is 1. The van der Waals surface area contributed by atoms with Crippen molar-refractivity contribution in [2.24, 2.45) is 11.8 Å². The maximum atomic E-state index is 11.7. The number of aliphatic hydroxyl groups is 1. The molecule has 0 amide bonds. The van der Waals surface area contributed by atoms with Gasteiger partial charge in [-0.15, -0.1) is 28.1 Å². The molecular formula is C32H36IrNO2S3-. The normalized spacial score (nSPS) is 11.8. The maximum Gasteiger partial charge on any atom is 0.162 e. The van der Waals surface area contributed by atoms with Crippen LogP contribution >= 0.6 is 34.0 Å². The molecule has 1 N–H and O–H groups in total. The zero-order valence-electron chi connectivity index (χ0n) is 23.4. The third kappa shape index (κ3) is 6.71. The molecule has 0 spiro atoms. The molecule has 4 aromatic heterocycles. The quantitative estimate of drug-likeness (QED) is 0.0975. The molecule has 1 radical (unpaired) electrons.